The Balaban J connectivity index is 5.72. The molecule has 0 bridgehead atoms. The first-order chi connectivity index (χ1) is 6.95. The van der Waals surface area contributed by atoms with E-state index in [0.29, 0.717) is 0 Å². The van der Waals surface area contributed by atoms with Crippen LogP contribution in [0.4, 0.5) is 0 Å². The summed E-state index contributed by atoms with van der Waals surface area (Å²) in [5.41, 5.74) is -0.301. The van der Waals surface area contributed by atoms with E-state index in [0.717, 1.165) is 6.08 Å². The Kier molecular flexibility index (Phi) is 4.81. The summed E-state index contributed by atoms with van der Waals surface area (Å²) < 4.78 is 0. The van der Waals surface area contributed by atoms with E-state index in [1.54, 1.807) is 0 Å². The normalized spacial score (nSPS) is 12.7. The summed E-state index contributed by atoms with van der Waals surface area (Å²) in [4.78, 5) is 21.7. The number of aliphatic carboxylic acids is 2. The highest BCUT2D eigenvalue weighted by molar-refractivity contribution is 6.06. The van der Waals surface area contributed by atoms with Crippen LogP contribution < -0.4 is 0 Å². The van der Waals surface area contributed by atoms with Crippen LogP contribution in [0.15, 0.2) is 48.1 Å². The Morgan fingerprint density at radius 2 is 1.67 bits per heavy atom. The molecule has 0 amide bonds. The van der Waals surface area contributed by atoms with Gasteiger partial charge in [0.05, 0.1) is 11.1 Å². The lowest BCUT2D eigenvalue weighted by molar-refractivity contribution is -0.136. The molecule has 0 aliphatic rings. The molecule has 4 heteroatoms. The Bertz CT molecular complexity index is 372. The minimum atomic E-state index is -1.31. The molecule has 4 nitrogen and oxygen atoms in total. The van der Waals surface area contributed by atoms with Crippen LogP contribution in [0.3, 0.4) is 0 Å². The topological polar surface area (TPSA) is 74.6 Å². The molecule has 0 saturated heterocycles. The highest BCUT2D eigenvalue weighted by atomic mass is 16.4. The van der Waals surface area contributed by atoms with Crippen LogP contribution in [0.1, 0.15) is 6.92 Å². The smallest absolute Gasteiger partial charge is 0.336 e. The summed E-state index contributed by atoms with van der Waals surface area (Å²) in [6.45, 7) is 8.21. The zero-order valence-corrected chi connectivity index (χ0v) is 8.36. The number of carbonyl (C=O) groups is 2. The van der Waals surface area contributed by atoms with Crippen LogP contribution in [0.5, 0.6) is 0 Å². The fraction of sp³-hybridized carbons (Fsp3) is 0.0909. The summed E-state index contributed by atoms with van der Waals surface area (Å²) in [5, 5.41) is 17.7. The van der Waals surface area contributed by atoms with Crippen molar-refractivity contribution < 1.29 is 19.8 Å². The summed E-state index contributed by atoms with van der Waals surface area (Å²) >= 11 is 0. The number of allylic oxidation sites excluding steroid dienone is 4. The van der Waals surface area contributed by atoms with Gasteiger partial charge in [-0.1, -0.05) is 25.3 Å². The third-order valence-electron chi connectivity index (χ3n) is 1.70. The summed E-state index contributed by atoms with van der Waals surface area (Å²) in [5.74, 6) is -2.61. The highest BCUT2D eigenvalue weighted by Gasteiger charge is 2.20. The van der Waals surface area contributed by atoms with Crippen LogP contribution >= 0.6 is 0 Å². The van der Waals surface area contributed by atoms with Gasteiger partial charge in [-0.15, -0.1) is 0 Å². The monoisotopic (exact) mass is 208 g/mol. The van der Waals surface area contributed by atoms with Crippen LogP contribution in [0, 0.1) is 0 Å². The van der Waals surface area contributed by atoms with E-state index in [9.17, 15) is 9.59 Å². The number of hydrogen-bond acceptors (Lipinski definition) is 2. The van der Waals surface area contributed by atoms with Gasteiger partial charge < -0.3 is 10.2 Å². The van der Waals surface area contributed by atoms with Gasteiger partial charge in [-0.2, -0.15) is 0 Å². The van der Waals surface area contributed by atoms with Crippen LogP contribution in [0.25, 0.3) is 0 Å². The van der Waals surface area contributed by atoms with Crippen molar-refractivity contribution in [2.75, 3.05) is 0 Å². The quantitative estimate of drug-likeness (QED) is 0.533. The molecule has 0 aromatic heterocycles. The summed E-state index contributed by atoms with van der Waals surface area (Å²) in [6, 6.07) is 0. The molecule has 0 aliphatic heterocycles. The van der Waals surface area contributed by atoms with Gasteiger partial charge in [-0.25, -0.2) is 9.59 Å². The molecule has 80 valence electrons. The standard InChI is InChI=1S/C11H12O4/c1-4-6-8(10(12)13)9(11(14)15)7(3)5-2/h4-6H,1-2H2,3H3,(H,12,13)(H,14,15)/b8-6+,9-7+. The van der Waals surface area contributed by atoms with Crippen molar-refractivity contribution in [3.05, 3.63) is 48.1 Å². The minimum Gasteiger partial charge on any atom is -0.478 e. The largest absolute Gasteiger partial charge is 0.478 e. The van der Waals surface area contributed by atoms with E-state index in [-0.39, 0.29) is 16.7 Å². The Labute approximate surface area is 87.5 Å². The van der Waals surface area contributed by atoms with Crippen LogP contribution in [-0.2, 0) is 9.59 Å². The van der Waals surface area contributed by atoms with Crippen LogP contribution in [0.2, 0.25) is 0 Å². The van der Waals surface area contributed by atoms with Crippen molar-refractivity contribution in [1.29, 1.82) is 0 Å². The average Bonchev–Trinajstić information content (AvgIpc) is 2.15. The first-order valence-corrected chi connectivity index (χ1v) is 4.08. The molecule has 2 N–H and O–H groups in total. The molecule has 0 heterocycles. The number of carboxylic acid groups (broad SMARTS) is 2. The van der Waals surface area contributed by atoms with Gasteiger partial charge in [0.1, 0.15) is 0 Å². The predicted molar refractivity (Wildman–Crippen MR) is 56.4 cm³/mol. The molecule has 0 saturated carbocycles. The zero-order valence-electron chi connectivity index (χ0n) is 8.36. The minimum absolute atomic E-state index is 0.280. The van der Waals surface area contributed by atoms with Crippen molar-refractivity contribution in [1.82, 2.24) is 0 Å². The van der Waals surface area contributed by atoms with E-state index in [1.807, 2.05) is 0 Å². The Morgan fingerprint density at radius 1 is 1.13 bits per heavy atom. The lowest BCUT2D eigenvalue weighted by atomic mass is 10.0. The third kappa shape index (κ3) is 3.27. The first kappa shape index (κ1) is 12.9. The summed E-state index contributed by atoms with van der Waals surface area (Å²) in [7, 11) is 0. The van der Waals surface area contributed by atoms with Gasteiger partial charge in [-0.05, 0) is 18.6 Å². The second-order valence-electron chi connectivity index (χ2n) is 2.69. The predicted octanol–water partition coefficient (Wildman–Crippen LogP) is 1.77. The Morgan fingerprint density at radius 3 is 1.93 bits per heavy atom. The van der Waals surface area contributed by atoms with E-state index in [4.69, 9.17) is 10.2 Å². The second-order valence-corrected chi connectivity index (χ2v) is 2.69. The van der Waals surface area contributed by atoms with Gasteiger partial charge in [0, 0.05) is 0 Å². The van der Waals surface area contributed by atoms with Gasteiger partial charge in [0.15, 0.2) is 0 Å². The van der Waals surface area contributed by atoms with Gasteiger partial charge in [-0.3, -0.25) is 0 Å². The number of hydrogen-bond donors (Lipinski definition) is 2. The maximum atomic E-state index is 10.9. The zero-order chi connectivity index (χ0) is 12.0. The lowest BCUT2D eigenvalue weighted by Crippen LogP contribution is -2.12. The van der Waals surface area contributed by atoms with E-state index >= 15 is 0 Å². The van der Waals surface area contributed by atoms with Crippen LogP contribution in [-0.4, -0.2) is 22.2 Å². The van der Waals surface area contributed by atoms with E-state index in [2.05, 4.69) is 13.2 Å². The lowest BCUT2D eigenvalue weighted by Gasteiger charge is -2.05. The maximum absolute atomic E-state index is 10.9. The molecule has 0 aliphatic carbocycles. The summed E-state index contributed by atoms with van der Waals surface area (Å²) in [6.07, 6.45) is 3.66. The number of rotatable bonds is 5. The molecule has 0 atom stereocenters. The molecule has 0 rings (SSSR count). The van der Waals surface area contributed by atoms with Crippen molar-refractivity contribution in [2.45, 2.75) is 6.92 Å². The molecule has 0 spiro atoms. The van der Waals surface area contributed by atoms with Gasteiger partial charge in [0.2, 0.25) is 0 Å². The third-order valence-corrected chi connectivity index (χ3v) is 1.70. The van der Waals surface area contributed by atoms with E-state index in [1.165, 1.54) is 19.1 Å². The van der Waals surface area contributed by atoms with E-state index < -0.39 is 11.9 Å². The molecule has 0 aromatic rings. The van der Waals surface area contributed by atoms with Crippen molar-refractivity contribution in [3.63, 3.8) is 0 Å². The molecular formula is C11H12O4. The molecule has 0 radical (unpaired) electrons. The average molecular weight is 208 g/mol. The molecule has 0 fully saturated rings. The molecular weight excluding hydrogens is 196 g/mol. The maximum Gasteiger partial charge on any atom is 0.336 e. The van der Waals surface area contributed by atoms with Crippen molar-refractivity contribution in [3.8, 4) is 0 Å². The molecule has 0 unspecified atom stereocenters. The highest BCUT2D eigenvalue weighted by Crippen LogP contribution is 2.16. The van der Waals surface area contributed by atoms with Gasteiger partial charge in [0.25, 0.3) is 0 Å². The van der Waals surface area contributed by atoms with Crippen molar-refractivity contribution in [2.24, 2.45) is 0 Å². The van der Waals surface area contributed by atoms with Gasteiger partial charge >= 0.3 is 11.9 Å². The fourth-order valence-electron chi connectivity index (χ4n) is 0.978. The van der Waals surface area contributed by atoms with Crippen molar-refractivity contribution >= 4 is 11.9 Å². The SMILES string of the molecule is C=C/C=C(C(=O)O)\C(C(=O)O)=C(\C)C=C. The first-order valence-electron chi connectivity index (χ1n) is 4.08. The fourth-order valence-corrected chi connectivity index (χ4v) is 0.978. The molecule has 0 aromatic carbocycles. The Hall–Kier alpha value is -2.10. The number of carboxylic acids is 2. The second kappa shape index (κ2) is 5.59. The molecule has 15 heavy (non-hydrogen) atoms.